The molecule has 0 unspecified atom stereocenters. The minimum Gasteiger partial charge on any atom is -0.492 e. The van der Waals surface area contributed by atoms with Crippen molar-refractivity contribution in [3.8, 4) is 16.9 Å². The number of hydrogen-bond acceptors (Lipinski definition) is 7. The van der Waals surface area contributed by atoms with Crippen LogP contribution < -0.4 is 4.74 Å². The van der Waals surface area contributed by atoms with Crippen molar-refractivity contribution in [3.05, 3.63) is 77.4 Å². The van der Waals surface area contributed by atoms with Crippen LogP contribution in [0.25, 0.3) is 22.0 Å². The van der Waals surface area contributed by atoms with Crippen LogP contribution in [-0.4, -0.2) is 44.0 Å². The van der Waals surface area contributed by atoms with Gasteiger partial charge in [-0.25, -0.2) is 4.79 Å². The molecule has 0 amide bonds. The van der Waals surface area contributed by atoms with Crippen molar-refractivity contribution < 1.29 is 33.0 Å². The second kappa shape index (κ2) is 10.3. The molecule has 0 saturated carbocycles. The standard InChI is InChI=1S/C27H25NO7/c1-32-20(29)14-8-12-17-11-7-13-18-19(15-28-22(17)18)23(30)26-24(33-2)21(16-9-5-4-6-10-16)25(35-26)27(31)34-3/h4-7,9-11,13,15,28H,8,12,14H2,1-3H3. The third-order valence-electron chi connectivity index (χ3n) is 5.81. The summed E-state index contributed by atoms with van der Waals surface area (Å²) >= 11 is 0. The van der Waals surface area contributed by atoms with Crippen LogP contribution in [0, 0.1) is 0 Å². The first kappa shape index (κ1) is 23.8. The second-order valence-electron chi connectivity index (χ2n) is 7.83. The van der Waals surface area contributed by atoms with Gasteiger partial charge in [-0.15, -0.1) is 0 Å². The van der Waals surface area contributed by atoms with E-state index in [0.29, 0.717) is 41.3 Å². The molecule has 1 N–H and O–H groups in total. The molecule has 8 nitrogen and oxygen atoms in total. The first-order valence-corrected chi connectivity index (χ1v) is 11.0. The molecule has 2 aromatic heterocycles. The van der Waals surface area contributed by atoms with E-state index in [0.717, 1.165) is 11.1 Å². The monoisotopic (exact) mass is 475 g/mol. The summed E-state index contributed by atoms with van der Waals surface area (Å²) in [6, 6.07) is 14.7. The fourth-order valence-corrected chi connectivity index (χ4v) is 4.12. The zero-order chi connectivity index (χ0) is 24.9. The summed E-state index contributed by atoms with van der Waals surface area (Å²) in [7, 11) is 4.03. The van der Waals surface area contributed by atoms with Crippen molar-refractivity contribution in [2.24, 2.45) is 0 Å². The van der Waals surface area contributed by atoms with Gasteiger partial charge in [0.1, 0.15) is 0 Å². The van der Waals surface area contributed by atoms with Gasteiger partial charge in [0.2, 0.25) is 17.3 Å². The summed E-state index contributed by atoms with van der Waals surface area (Å²) < 4.78 is 21.0. The van der Waals surface area contributed by atoms with E-state index in [9.17, 15) is 14.4 Å². The summed E-state index contributed by atoms with van der Waals surface area (Å²) in [4.78, 5) is 40.8. The van der Waals surface area contributed by atoms with Gasteiger partial charge in [0, 0.05) is 23.5 Å². The molecule has 35 heavy (non-hydrogen) atoms. The minimum absolute atomic E-state index is 0.0938. The number of fused-ring (bicyclic) bond motifs is 1. The van der Waals surface area contributed by atoms with E-state index in [1.165, 1.54) is 21.3 Å². The van der Waals surface area contributed by atoms with Crippen LogP contribution in [0.15, 0.2) is 59.1 Å². The highest BCUT2D eigenvalue weighted by Gasteiger charge is 2.32. The average Bonchev–Trinajstić information content (AvgIpc) is 3.50. The van der Waals surface area contributed by atoms with E-state index >= 15 is 0 Å². The second-order valence-corrected chi connectivity index (χ2v) is 7.83. The van der Waals surface area contributed by atoms with Crippen LogP contribution in [0.2, 0.25) is 0 Å². The summed E-state index contributed by atoms with van der Waals surface area (Å²) in [6.45, 7) is 0. The van der Waals surface area contributed by atoms with Crippen LogP contribution in [0.3, 0.4) is 0 Å². The van der Waals surface area contributed by atoms with Gasteiger partial charge in [0.25, 0.3) is 0 Å². The van der Waals surface area contributed by atoms with Gasteiger partial charge in [0.15, 0.2) is 5.75 Å². The molecule has 0 saturated heterocycles. The number of carbonyl (C=O) groups excluding carboxylic acids is 3. The van der Waals surface area contributed by atoms with E-state index in [4.69, 9.17) is 18.6 Å². The third kappa shape index (κ3) is 4.55. The van der Waals surface area contributed by atoms with E-state index in [1.807, 2.05) is 36.4 Å². The first-order chi connectivity index (χ1) is 17.0. The number of ether oxygens (including phenoxy) is 3. The van der Waals surface area contributed by atoms with Gasteiger partial charge < -0.3 is 23.6 Å². The Bertz CT molecular complexity index is 1380. The molecule has 8 heteroatoms. The Morgan fingerprint density at radius 3 is 2.37 bits per heavy atom. The number of aromatic nitrogens is 1. The quantitative estimate of drug-likeness (QED) is 0.270. The molecule has 4 aromatic rings. The molecule has 4 rings (SSSR count). The highest BCUT2D eigenvalue weighted by atomic mass is 16.5. The van der Waals surface area contributed by atoms with E-state index in [2.05, 4.69) is 4.98 Å². The lowest BCUT2D eigenvalue weighted by molar-refractivity contribution is -0.140. The van der Waals surface area contributed by atoms with E-state index in [1.54, 1.807) is 18.3 Å². The number of H-pyrrole nitrogens is 1. The number of aromatic amines is 1. The number of furan rings is 1. The topological polar surface area (TPSA) is 108 Å². The Morgan fingerprint density at radius 2 is 1.69 bits per heavy atom. The summed E-state index contributed by atoms with van der Waals surface area (Å²) in [5.74, 6) is -1.46. The Hall–Kier alpha value is -4.33. The fraction of sp³-hybridized carbons (Fsp3) is 0.222. The molecule has 0 radical (unpaired) electrons. The summed E-state index contributed by atoms with van der Waals surface area (Å²) in [5, 5.41) is 0.699. The van der Waals surface area contributed by atoms with Crippen molar-refractivity contribution in [1.82, 2.24) is 4.98 Å². The fourth-order valence-electron chi connectivity index (χ4n) is 4.12. The normalized spacial score (nSPS) is 10.8. The Kier molecular flexibility index (Phi) is 7.01. The number of methoxy groups -OCH3 is 3. The summed E-state index contributed by atoms with van der Waals surface area (Å²) in [5.41, 5.74) is 3.14. The van der Waals surface area contributed by atoms with Gasteiger partial charge in [0.05, 0.1) is 32.5 Å². The SMILES string of the molecule is COC(=O)CCCc1cccc2c(C(=O)c3oc(C(=O)OC)c(-c4ccccc4)c3OC)c[nH]c12. The molecule has 2 aromatic carbocycles. The van der Waals surface area contributed by atoms with Gasteiger partial charge in [-0.05, 0) is 24.0 Å². The zero-order valence-electron chi connectivity index (χ0n) is 19.7. The van der Waals surface area contributed by atoms with Crippen LogP contribution in [0.5, 0.6) is 5.75 Å². The lowest BCUT2D eigenvalue weighted by Gasteiger charge is -2.05. The number of aryl methyl sites for hydroxylation is 1. The molecule has 180 valence electrons. The molecule has 0 spiro atoms. The predicted octanol–water partition coefficient (Wildman–Crippen LogP) is 4.95. The lowest BCUT2D eigenvalue weighted by Crippen LogP contribution is -2.02. The van der Waals surface area contributed by atoms with Crippen LogP contribution in [-0.2, 0) is 20.7 Å². The summed E-state index contributed by atoms with van der Waals surface area (Å²) in [6.07, 6.45) is 3.17. The number of hydrogen-bond donors (Lipinski definition) is 1. The number of benzene rings is 2. The van der Waals surface area contributed by atoms with Gasteiger partial charge >= 0.3 is 11.9 Å². The minimum atomic E-state index is -0.715. The maximum atomic E-state index is 13.7. The number of rotatable bonds is 9. The van der Waals surface area contributed by atoms with Crippen molar-refractivity contribution in [3.63, 3.8) is 0 Å². The molecule has 0 aliphatic carbocycles. The maximum absolute atomic E-state index is 13.7. The average molecular weight is 475 g/mol. The molecule has 0 aliphatic rings. The maximum Gasteiger partial charge on any atom is 0.374 e. The van der Waals surface area contributed by atoms with E-state index < -0.39 is 11.8 Å². The number of para-hydroxylation sites is 1. The molecule has 0 bridgehead atoms. The number of carbonyl (C=O) groups is 3. The zero-order valence-corrected chi connectivity index (χ0v) is 19.7. The number of esters is 2. The van der Waals surface area contributed by atoms with Crippen molar-refractivity contribution in [2.75, 3.05) is 21.3 Å². The largest absolute Gasteiger partial charge is 0.492 e. The highest BCUT2D eigenvalue weighted by molar-refractivity contribution is 6.18. The lowest BCUT2D eigenvalue weighted by atomic mass is 10.0. The Balaban J connectivity index is 1.76. The molecule has 0 aliphatic heterocycles. The van der Waals surface area contributed by atoms with Crippen molar-refractivity contribution in [1.29, 1.82) is 0 Å². The van der Waals surface area contributed by atoms with Crippen LogP contribution >= 0.6 is 0 Å². The third-order valence-corrected chi connectivity index (χ3v) is 5.81. The smallest absolute Gasteiger partial charge is 0.374 e. The molecular weight excluding hydrogens is 450 g/mol. The predicted molar refractivity (Wildman–Crippen MR) is 129 cm³/mol. The molecule has 2 heterocycles. The Morgan fingerprint density at radius 1 is 0.914 bits per heavy atom. The molecule has 0 atom stereocenters. The van der Waals surface area contributed by atoms with Crippen molar-refractivity contribution in [2.45, 2.75) is 19.3 Å². The van der Waals surface area contributed by atoms with Crippen LogP contribution in [0.1, 0.15) is 45.1 Å². The first-order valence-electron chi connectivity index (χ1n) is 11.0. The van der Waals surface area contributed by atoms with Gasteiger partial charge in [-0.1, -0.05) is 48.5 Å². The van der Waals surface area contributed by atoms with Gasteiger partial charge in [-0.3, -0.25) is 9.59 Å². The number of ketones is 1. The molecule has 0 fully saturated rings. The molecular formula is C27H25NO7. The number of nitrogens with one attached hydrogen (secondary N) is 1. The van der Waals surface area contributed by atoms with Crippen LogP contribution in [0.4, 0.5) is 0 Å². The van der Waals surface area contributed by atoms with Gasteiger partial charge in [-0.2, -0.15) is 0 Å². The Labute approximate surface area is 201 Å². The highest BCUT2D eigenvalue weighted by Crippen LogP contribution is 2.41. The van der Waals surface area contributed by atoms with E-state index in [-0.39, 0.29) is 23.2 Å². The van der Waals surface area contributed by atoms with Crippen molar-refractivity contribution >= 4 is 28.6 Å².